The molecule has 0 aliphatic rings. The number of nitrogens with one attached hydrogen (secondary N) is 1. The van der Waals surface area contributed by atoms with Crippen LogP contribution in [0.1, 0.15) is 30.5 Å². The largest absolute Gasteiger partial charge is 0.377 e. The van der Waals surface area contributed by atoms with Crippen LogP contribution in [0.2, 0.25) is 10.0 Å². The molecule has 21 heavy (non-hydrogen) atoms. The standard InChI is InChI=1S/C16H13Cl2FN2/c1-2-15(11-7-6-10(17)8-13(11)18)21-16-5-3-4-14(19)12(16)9-20/h3-8,15,21H,2H2,1H3. The summed E-state index contributed by atoms with van der Waals surface area (Å²) in [6, 6.07) is 11.5. The van der Waals surface area contributed by atoms with E-state index in [0.29, 0.717) is 15.7 Å². The molecule has 1 unspecified atom stereocenters. The Bertz CT molecular complexity index is 695. The zero-order valence-corrected chi connectivity index (χ0v) is 12.8. The zero-order valence-electron chi connectivity index (χ0n) is 11.3. The lowest BCUT2D eigenvalue weighted by molar-refractivity contribution is 0.623. The highest BCUT2D eigenvalue weighted by Crippen LogP contribution is 2.31. The van der Waals surface area contributed by atoms with Crippen LogP contribution in [0.25, 0.3) is 0 Å². The van der Waals surface area contributed by atoms with Crippen LogP contribution in [0.15, 0.2) is 36.4 Å². The summed E-state index contributed by atoms with van der Waals surface area (Å²) in [7, 11) is 0. The van der Waals surface area contributed by atoms with Gasteiger partial charge in [0.1, 0.15) is 17.4 Å². The molecule has 0 aromatic heterocycles. The third-order valence-electron chi connectivity index (χ3n) is 3.20. The van der Waals surface area contributed by atoms with Crippen LogP contribution in [0.4, 0.5) is 10.1 Å². The molecule has 0 aliphatic carbocycles. The SMILES string of the molecule is CCC(Nc1cccc(F)c1C#N)c1ccc(Cl)cc1Cl. The average Bonchev–Trinajstić information content (AvgIpc) is 2.45. The predicted octanol–water partition coefficient (Wildman–Crippen LogP) is 5.57. The van der Waals surface area contributed by atoms with Crippen LogP contribution in [0.3, 0.4) is 0 Å². The molecule has 2 nitrogen and oxygen atoms in total. The smallest absolute Gasteiger partial charge is 0.143 e. The summed E-state index contributed by atoms with van der Waals surface area (Å²) in [5.41, 5.74) is 1.31. The van der Waals surface area contributed by atoms with Gasteiger partial charge in [0.15, 0.2) is 0 Å². The van der Waals surface area contributed by atoms with Gasteiger partial charge in [0.05, 0.1) is 11.7 Å². The monoisotopic (exact) mass is 322 g/mol. The lowest BCUT2D eigenvalue weighted by atomic mass is 10.0. The Morgan fingerprint density at radius 1 is 1.29 bits per heavy atom. The molecule has 0 heterocycles. The summed E-state index contributed by atoms with van der Waals surface area (Å²) in [5.74, 6) is -0.542. The first kappa shape index (κ1) is 15.6. The van der Waals surface area contributed by atoms with E-state index in [9.17, 15) is 4.39 Å². The Morgan fingerprint density at radius 3 is 2.67 bits per heavy atom. The number of hydrogen-bond donors (Lipinski definition) is 1. The van der Waals surface area contributed by atoms with Crippen molar-refractivity contribution in [3.05, 3.63) is 63.4 Å². The first-order chi connectivity index (χ1) is 10.1. The second kappa shape index (κ2) is 6.80. The molecule has 0 spiro atoms. The Balaban J connectivity index is 2.36. The van der Waals surface area contributed by atoms with Crippen molar-refractivity contribution < 1.29 is 4.39 Å². The van der Waals surface area contributed by atoms with Crippen molar-refractivity contribution in [3.8, 4) is 6.07 Å². The number of nitrogens with zero attached hydrogens (tertiary/aromatic N) is 1. The summed E-state index contributed by atoms with van der Waals surface area (Å²) in [5, 5.41) is 13.3. The van der Waals surface area contributed by atoms with E-state index in [1.165, 1.54) is 6.07 Å². The number of halogens is 3. The van der Waals surface area contributed by atoms with Gasteiger partial charge in [0, 0.05) is 10.0 Å². The summed E-state index contributed by atoms with van der Waals surface area (Å²) in [6.45, 7) is 1.98. The Morgan fingerprint density at radius 2 is 2.05 bits per heavy atom. The minimum atomic E-state index is -0.542. The maximum atomic E-state index is 13.6. The van der Waals surface area contributed by atoms with E-state index in [-0.39, 0.29) is 11.6 Å². The van der Waals surface area contributed by atoms with E-state index in [4.69, 9.17) is 28.5 Å². The van der Waals surface area contributed by atoms with Crippen molar-refractivity contribution >= 4 is 28.9 Å². The zero-order chi connectivity index (χ0) is 15.4. The van der Waals surface area contributed by atoms with E-state index >= 15 is 0 Å². The van der Waals surface area contributed by atoms with Crippen molar-refractivity contribution in [2.24, 2.45) is 0 Å². The number of hydrogen-bond acceptors (Lipinski definition) is 2. The Kier molecular flexibility index (Phi) is 5.06. The highest BCUT2D eigenvalue weighted by molar-refractivity contribution is 6.35. The second-order valence-corrected chi connectivity index (χ2v) is 5.39. The van der Waals surface area contributed by atoms with Crippen molar-refractivity contribution in [1.29, 1.82) is 5.26 Å². The number of anilines is 1. The summed E-state index contributed by atoms with van der Waals surface area (Å²) in [4.78, 5) is 0. The lowest BCUT2D eigenvalue weighted by Gasteiger charge is -2.21. The summed E-state index contributed by atoms with van der Waals surface area (Å²) in [6.07, 6.45) is 0.725. The molecule has 0 fully saturated rings. The molecule has 0 bridgehead atoms. The van der Waals surface area contributed by atoms with Crippen LogP contribution in [0, 0.1) is 17.1 Å². The van der Waals surface area contributed by atoms with Crippen molar-refractivity contribution in [2.75, 3.05) is 5.32 Å². The van der Waals surface area contributed by atoms with E-state index < -0.39 is 5.82 Å². The van der Waals surface area contributed by atoms with Crippen LogP contribution in [-0.4, -0.2) is 0 Å². The van der Waals surface area contributed by atoms with Crippen molar-refractivity contribution in [1.82, 2.24) is 0 Å². The molecule has 0 radical (unpaired) electrons. The molecule has 0 amide bonds. The number of nitriles is 1. The van der Waals surface area contributed by atoms with E-state index in [1.54, 1.807) is 24.3 Å². The molecule has 5 heteroatoms. The first-order valence-electron chi connectivity index (χ1n) is 6.47. The molecule has 2 rings (SSSR count). The van der Waals surface area contributed by atoms with Gasteiger partial charge in [0.2, 0.25) is 0 Å². The van der Waals surface area contributed by atoms with E-state index in [2.05, 4.69) is 5.32 Å². The highest BCUT2D eigenvalue weighted by atomic mass is 35.5. The normalized spacial score (nSPS) is 11.8. The van der Waals surface area contributed by atoms with Gasteiger partial charge >= 0.3 is 0 Å². The maximum absolute atomic E-state index is 13.6. The molecule has 1 N–H and O–H groups in total. The van der Waals surface area contributed by atoms with Crippen LogP contribution in [0.5, 0.6) is 0 Å². The van der Waals surface area contributed by atoms with Gasteiger partial charge < -0.3 is 5.32 Å². The lowest BCUT2D eigenvalue weighted by Crippen LogP contribution is -2.11. The van der Waals surface area contributed by atoms with E-state index in [1.807, 2.05) is 19.1 Å². The fourth-order valence-corrected chi connectivity index (χ4v) is 2.67. The fraction of sp³-hybridized carbons (Fsp3) is 0.188. The molecule has 0 saturated heterocycles. The van der Waals surface area contributed by atoms with Gasteiger partial charge in [-0.2, -0.15) is 5.26 Å². The highest BCUT2D eigenvalue weighted by Gasteiger charge is 2.16. The minimum Gasteiger partial charge on any atom is -0.377 e. The molecule has 0 saturated carbocycles. The molecule has 2 aromatic rings. The van der Waals surface area contributed by atoms with Gasteiger partial charge in [-0.25, -0.2) is 4.39 Å². The Hall–Kier alpha value is -1.76. The van der Waals surface area contributed by atoms with Gasteiger partial charge in [0.25, 0.3) is 0 Å². The Labute approximate surface area is 133 Å². The van der Waals surface area contributed by atoms with Gasteiger partial charge in [-0.05, 0) is 36.2 Å². The van der Waals surface area contributed by atoms with Crippen LogP contribution >= 0.6 is 23.2 Å². The fourth-order valence-electron chi connectivity index (χ4n) is 2.13. The molecule has 2 aromatic carbocycles. The maximum Gasteiger partial charge on any atom is 0.143 e. The van der Waals surface area contributed by atoms with Crippen molar-refractivity contribution in [3.63, 3.8) is 0 Å². The van der Waals surface area contributed by atoms with Crippen molar-refractivity contribution in [2.45, 2.75) is 19.4 Å². The second-order valence-electron chi connectivity index (χ2n) is 4.55. The average molecular weight is 323 g/mol. The topological polar surface area (TPSA) is 35.8 Å². The molecule has 1 atom stereocenters. The first-order valence-corrected chi connectivity index (χ1v) is 7.22. The van der Waals surface area contributed by atoms with Gasteiger partial charge in [-0.3, -0.25) is 0 Å². The molecular weight excluding hydrogens is 310 g/mol. The molecule has 0 aliphatic heterocycles. The number of benzene rings is 2. The summed E-state index contributed by atoms with van der Waals surface area (Å²) < 4.78 is 13.6. The van der Waals surface area contributed by atoms with Crippen LogP contribution < -0.4 is 5.32 Å². The minimum absolute atomic E-state index is 0.000959. The summed E-state index contributed by atoms with van der Waals surface area (Å²) >= 11 is 12.1. The number of rotatable bonds is 4. The molecular formula is C16H13Cl2FN2. The van der Waals surface area contributed by atoms with Gasteiger partial charge in [-0.15, -0.1) is 0 Å². The van der Waals surface area contributed by atoms with E-state index in [0.717, 1.165) is 12.0 Å². The predicted molar refractivity (Wildman–Crippen MR) is 84.2 cm³/mol. The molecule has 108 valence electrons. The van der Waals surface area contributed by atoms with Crippen LogP contribution in [-0.2, 0) is 0 Å². The quantitative estimate of drug-likeness (QED) is 0.798. The third-order valence-corrected chi connectivity index (χ3v) is 3.76. The van der Waals surface area contributed by atoms with Gasteiger partial charge in [-0.1, -0.05) is 42.3 Å². The third kappa shape index (κ3) is 3.47.